The van der Waals surface area contributed by atoms with E-state index in [2.05, 4.69) is 10.3 Å². The molecule has 6 heteroatoms. The molecule has 19 heavy (non-hydrogen) atoms. The SMILES string of the molecule is Cc1ccc(NC(=O)c2cc(Cl)ncc2N)cc1F. The van der Waals surface area contributed by atoms with Gasteiger partial charge in [0.15, 0.2) is 0 Å². The molecular formula is C13H11ClFN3O. The summed E-state index contributed by atoms with van der Waals surface area (Å²) >= 11 is 5.70. The van der Waals surface area contributed by atoms with Crippen molar-refractivity contribution in [1.82, 2.24) is 4.98 Å². The molecule has 0 radical (unpaired) electrons. The monoisotopic (exact) mass is 279 g/mol. The summed E-state index contributed by atoms with van der Waals surface area (Å²) in [4.78, 5) is 15.7. The number of pyridine rings is 1. The number of aromatic nitrogens is 1. The van der Waals surface area contributed by atoms with E-state index in [-0.39, 0.29) is 16.4 Å². The molecule has 4 nitrogen and oxygen atoms in total. The van der Waals surface area contributed by atoms with Crippen LogP contribution in [0, 0.1) is 12.7 Å². The average Bonchev–Trinajstić information content (AvgIpc) is 2.36. The van der Waals surface area contributed by atoms with Gasteiger partial charge < -0.3 is 11.1 Å². The van der Waals surface area contributed by atoms with Crippen LogP contribution >= 0.6 is 11.6 Å². The number of hydrogen-bond donors (Lipinski definition) is 2. The third-order valence-electron chi connectivity index (χ3n) is 2.58. The van der Waals surface area contributed by atoms with Crippen molar-refractivity contribution in [3.63, 3.8) is 0 Å². The molecule has 2 rings (SSSR count). The molecule has 0 aliphatic carbocycles. The lowest BCUT2D eigenvalue weighted by molar-refractivity contribution is 0.102. The predicted octanol–water partition coefficient (Wildman–Crippen LogP) is 3.02. The number of nitrogen functional groups attached to an aromatic ring is 1. The van der Waals surface area contributed by atoms with Crippen molar-refractivity contribution in [2.24, 2.45) is 0 Å². The Hall–Kier alpha value is -2.14. The molecule has 0 fully saturated rings. The third kappa shape index (κ3) is 3.00. The van der Waals surface area contributed by atoms with E-state index in [1.54, 1.807) is 19.1 Å². The van der Waals surface area contributed by atoms with Crippen molar-refractivity contribution in [2.75, 3.05) is 11.1 Å². The summed E-state index contributed by atoms with van der Waals surface area (Å²) in [7, 11) is 0. The van der Waals surface area contributed by atoms with E-state index < -0.39 is 11.7 Å². The molecule has 0 atom stereocenters. The highest BCUT2D eigenvalue weighted by Crippen LogP contribution is 2.18. The van der Waals surface area contributed by atoms with Crippen LogP contribution in [0.25, 0.3) is 0 Å². The van der Waals surface area contributed by atoms with Crippen LogP contribution in [0.2, 0.25) is 5.15 Å². The number of carbonyl (C=O) groups is 1. The number of halogens is 2. The molecule has 0 unspecified atom stereocenters. The van der Waals surface area contributed by atoms with Gasteiger partial charge in [-0.05, 0) is 30.7 Å². The molecule has 0 saturated carbocycles. The second kappa shape index (κ2) is 5.24. The molecule has 3 N–H and O–H groups in total. The molecular weight excluding hydrogens is 269 g/mol. The van der Waals surface area contributed by atoms with Crippen LogP contribution in [0.5, 0.6) is 0 Å². The van der Waals surface area contributed by atoms with Crippen molar-refractivity contribution in [2.45, 2.75) is 6.92 Å². The van der Waals surface area contributed by atoms with Crippen LogP contribution in [0.4, 0.5) is 15.8 Å². The molecule has 1 amide bonds. The molecule has 1 aromatic heterocycles. The molecule has 0 aliphatic rings. The maximum atomic E-state index is 13.4. The third-order valence-corrected chi connectivity index (χ3v) is 2.78. The molecule has 2 aromatic rings. The zero-order valence-corrected chi connectivity index (χ0v) is 10.8. The van der Waals surface area contributed by atoms with Gasteiger partial charge in [0.05, 0.1) is 17.4 Å². The van der Waals surface area contributed by atoms with Crippen LogP contribution in [0.1, 0.15) is 15.9 Å². The van der Waals surface area contributed by atoms with Crippen molar-refractivity contribution >= 4 is 28.9 Å². The minimum Gasteiger partial charge on any atom is -0.397 e. The van der Waals surface area contributed by atoms with Crippen molar-refractivity contribution < 1.29 is 9.18 Å². The Bertz CT molecular complexity index is 646. The highest BCUT2D eigenvalue weighted by atomic mass is 35.5. The fraction of sp³-hybridized carbons (Fsp3) is 0.0769. The van der Waals surface area contributed by atoms with Gasteiger partial charge in [0.25, 0.3) is 5.91 Å². The topological polar surface area (TPSA) is 68.0 Å². The summed E-state index contributed by atoms with van der Waals surface area (Å²) in [6, 6.07) is 5.78. The maximum absolute atomic E-state index is 13.4. The van der Waals surface area contributed by atoms with Crippen LogP contribution in [-0.4, -0.2) is 10.9 Å². The fourth-order valence-corrected chi connectivity index (χ4v) is 1.66. The second-order valence-electron chi connectivity index (χ2n) is 4.01. The van der Waals surface area contributed by atoms with Crippen molar-refractivity contribution in [3.05, 3.63) is 52.6 Å². The van der Waals surface area contributed by atoms with Gasteiger partial charge in [-0.15, -0.1) is 0 Å². The number of hydrogen-bond acceptors (Lipinski definition) is 3. The molecule has 98 valence electrons. The molecule has 1 heterocycles. The molecule has 0 bridgehead atoms. The first-order valence-corrected chi connectivity index (χ1v) is 5.83. The van der Waals surface area contributed by atoms with E-state index >= 15 is 0 Å². The number of rotatable bonds is 2. The normalized spacial score (nSPS) is 10.3. The Morgan fingerprint density at radius 3 is 2.84 bits per heavy atom. The highest BCUT2D eigenvalue weighted by molar-refractivity contribution is 6.30. The average molecular weight is 280 g/mol. The highest BCUT2D eigenvalue weighted by Gasteiger charge is 2.12. The number of benzene rings is 1. The summed E-state index contributed by atoms with van der Waals surface area (Å²) in [5.74, 6) is -0.858. The first-order valence-electron chi connectivity index (χ1n) is 5.46. The van der Waals surface area contributed by atoms with E-state index in [1.165, 1.54) is 18.3 Å². The molecule has 0 aliphatic heterocycles. The number of nitrogens with zero attached hydrogens (tertiary/aromatic N) is 1. The summed E-state index contributed by atoms with van der Waals surface area (Å²) in [6.45, 7) is 1.64. The van der Waals surface area contributed by atoms with E-state index in [0.29, 0.717) is 11.3 Å². The Kier molecular flexibility index (Phi) is 3.66. The quantitative estimate of drug-likeness (QED) is 0.830. The fourth-order valence-electron chi connectivity index (χ4n) is 1.51. The lowest BCUT2D eigenvalue weighted by atomic mass is 10.2. The summed E-state index contributed by atoms with van der Waals surface area (Å²) in [5, 5.41) is 2.71. The van der Waals surface area contributed by atoms with Crippen LogP contribution < -0.4 is 11.1 Å². The van der Waals surface area contributed by atoms with Gasteiger partial charge in [-0.2, -0.15) is 0 Å². The number of amides is 1. The van der Waals surface area contributed by atoms with E-state index in [9.17, 15) is 9.18 Å². The molecule has 0 saturated heterocycles. The summed E-state index contributed by atoms with van der Waals surface area (Å²) in [6.07, 6.45) is 1.30. The maximum Gasteiger partial charge on any atom is 0.257 e. The minimum atomic E-state index is -0.468. The number of nitrogens with two attached hydrogens (primary N) is 1. The number of nitrogens with one attached hydrogen (secondary N) is 1. The van der Waals surface area contributed by atoms with Gasteiger partial charge >= 0.3 is 0 Å². The number of carbonyl (C=O) groups excluding carboxylic acids is 1. The zero-order valence-electron chi connectivity index (χ0n) is 10.1. The van der Waals surface area contributed by atoms with Gasteiger partial charge in [0.2, 0.25) is 0 Å². The number of aryl methyl sites for hydroxylation is 1. The Balaban J connectivity index is 2.25. The van der Waals surface area contributed by atoms with Gasteiger partial charge in [-0.3, -0.25) is 4.79 Å². The summed E-state index contributed by atoms with van der Waals surface area (Å²) < 4.78 is 13.4. The minimum absolute atomic E-state index is 0.162. The molecule has 1 aromatic carbocycles. The predicted molar refractivity (Wildman–Crippen MR) is 72.7 cm³/mol. The van der Waals surface area contributed by atoms with E-state index in [1.807, 2.05) is 0 Å². The smallest absolute Gasteiger partial charge is 0.257 e. The molecule has 0 spiro atoms. The lowest BCUT2D eigenvalue weighted by Crippen LogP contribution is -2.14. The van der Waals surface area contributed by atoms with Crippen LogP contribution in [0.3, 0.4) is 0 Å². The first kappa shape index (κ1) is 13.3. The first-order chi connectivity index (χ1) is 8.97. The van der Waals surface area contributed by atoms with Crippen molar-refractivity contribution in [1.29, 1.82) is 0 Å². The van der Waals surface area contributed by atoms with Crippen LogP contribution in [-0.2, 0) is 0 Å². The standard InChI is InChI=1S/C13H11ClFN3O/c1-7-2-3-8(4-10(7)15)18-13(19)9-5-12(14)17-6-11(9)16/h2-6H,16H2,1H3,(H,18,19). The largest absolute Gasteiger partial charge is 0.397 e. The lowest BCUT2D eigenvalue weighted by Gasteiger charge is -2.08. The Labute approximate surface area is 114 Å². The van der Waals surface area contributed by atoms with Crippen LogP contribution in [0.15, 0.2) is 30.5 Å². The second-order valence-corrected chi connectivity index (χ2v) is 4.40. The zero-order chi connectivity index (χ0) is 14.0. The van der Waals surface area contributed by atoms with Gasteiger partial charge in [-0.25, -0.2) is 9.37 Å². The Morgan fingerprint density at radius 1 is 1.42 bits per heavy atom. The van der Waals surface area contributed by atoms with Gasteiger partial charge in [0, 0.05) is 5.69 Å². The van der Waals surface area contributed by atoms with E-state index in [0.717, 1.165) is 0 Å². The van der Waals surface area contributed by atoms with E-state index in [4.69, 9.17) is 17.3 Å². The van der Waals surface area contributed by atoms with Gasteiger partial charge in [0.1, 0.15) is 11.0 Å². The number of anilines is 2. The summed E-state index contributed by atoms with van der Waals surface area (Å²) in [5.41, 5.74) is 6.89. The Morgan fingerprint density at radius 2 is 2.16 bits per heavy atom. The van der Waals surface area contributed by atoms with Gasteiger partial charge in [-0.1, -0.05) is 17.7 Å². The van der Waals surface area contributed by atoms with Crippen molar-refractivity contribution in [3.8, 4) is 0 Å².